The molecule has 0 N–H and O–H groups in total. The molecule has 0 bridgehead atoms. The molecule has 3 aromatic carbocycles. The molecule has 0 saturated heterocycles. The predicted molar refractivity (Wildman–Crippen MR) is 163 cm³/mol. The van der Waals surface area contributed by atoms with Crippen LogP contribution in [-0.4, -0.2) is 23.8 Å². The topological polar surface area (TPSA) is 79.1 Å². The van der Waals surface area contributed by atoms with E-state index in [1.807, 2.05) is 85.8 Å². The first kappa shape index (κ1) is 28.6. The lowest BCUT2D eigenvalue weighted by Crippen LogP contribution is -2.39. The highest BCUT2D eigenvalue weighted by molar-refractivity contribution is 9.10. The molecule has 0 saturated carbocycles. The second-order valence-corrected chi connectivity index (χ2v) is 11.1. The maximum atomic E-state index is 13.9. The molecule has 0 amide bonds. The summed E-state index contributed by atoms with van der Waals surface area (Å²) in [5, 5.41) is 0. The highest BCUT2D eigenvalue weighted by Gasteiger charge is 2.33. The van der Waals surface area contributed by atoms with E-state index in [0.29, 0.717) is 49.8 Å². The van der Waals surface area contributed by atoms with Gasteiger partial charge in [0, 0.05) is 0 Å². The van der Waals surface area contributed by atoms with E-state index >= 15 is 0 Å². The molecule has 41 heavy (non-hydrogen) atoms. The van der Waals surface area contributed by atoms with Gasteiger partial charge in [-0.3, -0.25) is 9.36 Å². The average molecular weight is 634 g/mol. The zero-order valence-corrected chi connectivity index (χ0v) is 25.3. The number of aromatic nitrogens is 1. The fourth-order valence-corrected chi connectivity index (χ4v) is 6.32. The van der Waals surface area contributed by atoms with Gasteiger partial charge in [0.2, 0.25) is 0 Å². The first-order chi connectivity index (χ1) is 19.9. The second kappa shape index (κ2) is 12.7. The molecule has 0 unspecified atom stereocenters. The van der Waals surface area contributed by atoms with Crippen molar-refractivity contribution in [2.24, 2.45) is 4.99 Å². The van der Waals surface area contributed by atoms with Crippen molar-refractivity contribution in [3.63, 3.8) is 0 Å². The van der Waals surface area contributed by atoms with E-state index in [1.54, 1.807) is 18.4 Å². The van der Waals surface area contributed by atoms with Crippen LogP contribution in [0.2, 0.25) is 0 Å². The van der Waals surface area contributed by atoms with E-state index in [-0.39, 0.29) is 12.2 Å². The molecule has 4 aromatic rings. The number of halogens is 1. The summed E-state index contributed by atoms with van der Waals surface area (Å²) in [6.45, 7) is 6.51. The molecule has 210 valence electrons. The molecule has 0 spiro atoms. The maximum absolute atomic E-state index is 13.9. The van der Waals surface area contributed by atoms with E-state index < -0.39 is 12.0 Å². The number of allylic oxidation sites excluding steroid dienone is 1. The van der Waals surface area contributed by atoms with Gasteiger partial charge in [-0.25, -0.2) is 9.79 Å². The van der Waals surface area contributed by atoms with Crippen LogP contribution in [0.1, 0.15) is 43.5 Å². The molecular weight excluding hydrogens is 604 g/mol. The standard InChI is InChI=1S/C32H29BrN2O5S/c1-4-38-25-17-22(16-24(33)29(25)40-19-21-12-8-6-9-13-21)18-26-30(36)35-28(23-14-10-7-11-15-23)27(31(37)39-5-2)20(3)34-32(35)41-26/h6-18,28H,4-5,19H2,1-3H3/b26-18-/t28-/m1/s1. The number of nitrogens with zero attached hydrogens (tertiary/aromatic N) is 2. The number of hydrogen-bond acceptors (Lipinski definition) is 7. The number of thiazole rings is 1. The van der Waals surface area contributed by atoms with Gasteiger partial charge < -0.3 is 14.2 Å². The molecule has 1 aliphatic heterocycles. The van der Waals surface area contributed by atoms with Gasteiger partial charge in [-0.1, -0.05) is 72.0 Å². The molecule has 5 rings (SSSR count). The van der Waals surface area contributed by atoms with Gasteiger partial charge in [0.05, 0.1) is 39.5 Å². The molecule has 0 fully saturated rings. The van der Waals surface area contributed by atoms with Gasteiger partial charge >= 0.3 is 5.97 Å². The zero-order chi connectivity index (χ0) is 28.9. The van der Waals surface area contributed by atoms with E-state index in [1.165, 1.54) is 11.3 Å². The number of benzene rings is 3. The van der Waals surface area contributed by atoms with Gasteiger partial charge in [0.25, 0.3) is 5.56 Å². The van der Waals surface area contributed by atoms with Gasteiger partial charge in [-0.2, -0.15) is 0 Å². The SMILES string of the molecule is CCOC(=O)C1=C(C)N=c2s/c(=C\c3cc(Br)c(OCc4ccccc4)c(OCC)c3)c(=O)n2[C@@H]1c1ccccc1. The maximum Gasteiger partial charge on any atom is 0.338 e. The largest absolute Gasteiger partial charge is 0.490 e. The fraction of sp³-hybridized carbons (Fsp3) is 0.219. The van der Waals surface area contributed by atoms with Crippen LogP contribution < -0.4 is 24.4 Å². The minimum Gasteiger partial charge on any atom is -0.490 e. The van der Waals surface area contributed by atoms with Crippen LogP contribution in [0.15, 0.2) is 98.3 Å². The number of hydrogen-bond donors (Lipinski definition) is 0. The number of rotatable bonds is 9. The van der Waals surface area contributed by atoms with Crippen LogP contribution in [-0.2, 0) is 16.1 Å². The highest BCUT2D eigenvalue weighted by Crippen LogP contribution is 2.38. The predicted octanol–water partition coefficient (Wildman–Crippen LogP) is 5.54. The summed E-state index contributed by atoms with van der Waals surface area (Å²) in [5.74, 6) is 0.681. The summed E-state index contributed by atoms with van der Waals surface area (Å²) < 4.78 is 20.2. The zero-order valence-electron chi connectivity index (χ0n) is 22.9. The van der Waals surface area contributed by atoms with Gasteiger partial charge in [-0.05, 0) is 71.6 Å². The number of esters is 1. The molecular formula is C32H29BrN2O5S. The Kier molecular flexibility index (Phi) is 8.85. The van der Waals surface area contributed by atoms with Crippen LogP contribution in [0.5, 0.6) is 11.5 Å². The van der Waals surface area contributed by atoms with Gasteiger partial charge in [0.15, 0.2) is 16.3 Å². The molecule has 9 heteroatoms. The third-order valence-corrected chi connectivity index (χ3v) is 8.06. The summed E-state index contributed by atoms with van der Waals surface area (Å²) in [6, 6.07) is 22.5. The summed E-state index contributed by atoms with van der Waals surface area (Å²) in [6.07, 6.45) is 1.81. The molecule has 1 aliphatic rings. The third kappa shape index (κ3) is 6.06. The quantitative estimate of drug-likeness (QED) is 0.226. The Morgan fingerprint density at radius 2 is 1.73 bits per heavy atom. The van der Waals surface area contributed by atoms with E-state index in [0.717, 1.165) is 16.7 Å². The number of carbonyl (C=O) groups is 1. The first-order valence-electron chi connectivity index (χ1n) is 13.3. The van der Waals surface area contributed by atoms with Crippen LogP contribution in [0.25, 0.3) is 6.08 Å². The second-order valence-electron chi connectivity index (χ2n) is 9.25. The summed E-state index contributed by atoms with van der Waals surface area (Å²) >= 11 is 4.91. The Balaban J connectivity index is 1.58. The molecule has 0 radical (unpaired) electrons. The number of ether oxygens (including phenoxy) is 3. The minimum absolute atomic E-state index is 0.226. The summed E-state index contributed by atoms with van der Waals surface area (Å²) in [5.41, 5.74) is 3.26. The lowest BCUT2D eigenvalue weighted by atomic mass is 9.96. The van der Waals surface area contributed by atoms with Crippen LogP contribution in [0.3, 0.4) is 0 Å². The molecule has 7 nitrogen and oxygen atoms in total. The highest BCUT2D eigenvalue weighted by atomic mass is 79.9. The van der Waals surface area contributed by atoms with Crippen molar-refractivity contribution in [2.75, 3.05) is 13.2 Å². The van der Waals surface area contributed by atoms with E-state index in [4.69, 9.17) is 14.2 Å². The van der Waals surface area contributed by atoms with Crippen molar-refractivity contribution < 1.29 is 19.0 Å². The van der Waals surface area contributed by atoms with E-state index in [2.05, 4.69) is 20.9 Å². The van der Waals surface area contributed by atoms with Crippen LogP contribution in [0.4, 0.5) is 0 Å². The Labute approximate surface area is 250 Å². The third-order valence-electron chi connectivity index (χ3n) is 6.49. The van der Waals surface area contributed by atoms with Crippen molar-refractivity contribution in [2.45, 2.75) is 33.4 Å². The Hall–Kier alpha value is -3.95. The van der Waals surface area contributed by atoms with Gasteiger partial charge in [-0.15, -0.1) is 0 Å². The first-order valence-corrected chi connectivity index (χ1v) is 14.9. The Morgan fingerprint density at radius 3 is 2.41 bits per heavy atom. The monoisotopic (exact) mass is 632 g/mol. The molecule has 2 heterocycles. The molecule has 1 atom stereocenters. The smallest absolute Gasteiger partial charge is 0.338 e. The normalized spacial score (nSPS) is 14.8. The van der Waals surface area contributed by atoms with E-state index in [9.17, 15) is 9.59 Å². The van der Waals surface area contributed by atoms with Gasteiger partial charge in [0.1, 0.15) is 6.61 Å². The van der Waals surface area contributed by atoms with Crippen molar-refractivity contribution in [1.82, 2.24) is 4.57 Å². The lowest BCUT2D eigenvalue weighted by molar-refractivity contribution is -0.139. The molecule has 0 aliphatic carbocycles. The minimum atomic E-state index is -0.645. The van der Waals surface area contributed by atoms with Crippen molar-refractivity contribution in [3.05, 3.63) is 125 Å². The van der Waals surface area contributed by atoms with Crippen molar-refractivity contribution >= 4 is 39.3 Å². The average Bonchev–Trinajstić information content (AvgIpc) is 3.27. The molecule has 1 aromatic heterocycles. The number of fused-ring (bicyclic) bond motifs is 1. The number of carbonyl (C=O) groups excluding carboxylic acids is 1. The van der Waals surface area contributed by atoms with Crippen molar-refractivity contribution in [1.29, 1.82) is 0 Å². The fourth-order valence-electron chi connectivity index (χ4n) is 4.70. The van der Waals surface area contributed by atoms with Crippen LogP contribution in [0, 0.1) is 0 Å². The lowest BCUT2D eigenvalue weighted by Gasteiger charge is -2.24. The van der Waals surface area contributed by atoms with Crippen LogP contribution >= 0.6 is 27.3 Å². The summed E-state index contributed by atoms with van der Waals surface area (Å²) in [4.78, 5) is 32.1. The summed E-state index contributed by atoms with van der Waals surface area (Å²) in [7, 11) is 0. The van der Waals surface area contributed by atoms with Crippen molar-refractivity contribution in [3.8, 4) is 11.5 Å². The Morgan fingerprint density at radius 1 is 1.02 bits per heavy atom. The Bertz CT molecular complexity index is 1780.